The zero-order valence-corrected chi connectivity index (χ0v) is 10.7. The SMILES string of the molecule is CNCC(C)C(=O)NC1CCC(C(N)=O)CC1. The molecule has 1 aliphatic rings. The molecule has 1 fully saturated rings. The van der Waals surface area contributed by atoms with Crippen molar-refractivity contribution in [2.24, 2.45) is 17.6 Å². The fraction of sp³-hybridized carbons (Fsp3) is 0.833. The molecule has 0 bridgehead atoms. The van der Waals surface area contributed by atoms with Gasteiger partial charge in [-0.25, -0.2) is 0 Å². The molecule has 5 heteroatoms. The van der Waals surface area contributed by atoms with Crippen LogP contribution in [0.25, 0.3) is 0 Å². The standard InChI is InChI=1S/C12H23N3O2/c1-8(7-14-2)12(17)15-10-5-3-9(4-6-10)11(13)16/h8-10,14H,3-7H2,1-2H3,(H2,13,16)(H,15,17). The van der Waals surface area contributed by atoms with E-state index in [2.05, 4.69) is 10.6 Å². The van der Waals surface area contributed by atoms with Gasteiger partial charge in [0, 0.05) is 24.4 Å². The molecule has 0 aromatic rings. The third-order valence-corrected chi connectivity index (χ3v) is 3.43. The maximum Gasteiger partial charge on any atom is 0.224 e. The Morgan fingerprint density at radius 3 is 2.35 bits per heavy atom. The van der Waals surface area contributed by atoms with E-state index < -0.39 is 0 Å². The van der Waals surface area contributed by atoms with Crippen LogP contribution in [0.5, 0.6) is 0 Å². The van der Waals surface area contributed by atoms with Gasteiger partial charge in [0.15, 0.2) is 0 Å². The Bertz CT molecular complexity index is 273. The van der Waals surface area contributed by atoms with E-state index in [-0.39, 0.29) is 29.7 Å². The summed E-state index contributed by atoms with van der Waals surface area (Å²) in [4.78, 5) is 22.8. The molecule has 0 aliphatic heterocycles. The van der Waals surface area contributed by atoms with Crippen molar-refractivity contribution < 1.29 is 9.59 Å². The minimum absolute atomic E-state index is 0.00196. The highest BCUT2D eigenvalue weighted by molar-refractivity contribution is 5.79. The van der Waals surface area contributed by atoms with E-state index in [1.54, 1.807) is 0 Å². The van der Waals surface area contributed by atoms with Crippen LogP contribution in [-0.4, -0.2) is 31.4 Å². The largest absolute Gasteiger partial charge is 0.369 e. The van der Waals surface area contributed by atoms with Crippen molar-refractivity contribution in [1.29, 1.82) is 0 Å². The molecule has 0 heterocycles. The van der Waals surface area contributed by atoms with E-state index in [9.17, 15) is 9.59 Å². The average molecular weight is 241 g/mol. The van der Waals surface area contributed by atoms with E-state index in [1.165, 1.54) is 0 Å². The first kappa shape index (κ1) is 14.0. The molecular weight excluding hydrogens is 218 g/mol. The van der Waals surface area contributed by atoms with E-state index in [0.29, 0.717) is 6.54 Å². The lowest BCUT2D eigenvalue weighted by Gasteiger charge is -2.28. The Morgan fingerprint density at radius 1 is 1.29 bits per heavy atom. The Labute approximate surface area is 103 Å². The zero-order chi connectivity index (χ0) is 12.8. The second-order valence-corrected chi connectivity index (χ2v) is 4.92. The fourth-order valence-electron chi connectivity index (χ4n) is 2.26. The Hall–Kier alpha value is -1.10. The number of nitrogens with two attached hydrogens (primary N) is 1. The van der Waals surface area contributed by atoms with Crippen LogP contribution < -0.4 is 16.4 Å². The van der Waals surface area contributed by atoms with E-state index >= 15 is 0 Å². The van der Waals surface area contributed by atoms with Gasteiger partial charge >= 0.3 is 0 Å². The molecule has 1 rings (SSSR count). The maximum atomic E-state index is 11.8. The second kappa shape index (κ2) is 6.59. The normalized spacial score (nSPS) is 26.2. The minimum atomic E-state index is -0.210. The summed E-state index contributed by atoms with van der Waals surface area (Å²) < 4.78 is 0. The molecule has 2 amide bonds. The molecule has 1 atom stereocenters. The lowest BCUT2D eigenvalue weighted by atomic mass is 9.85. The predicted octanol–water partition coefficient (Wildman–Crippen LogP) is 0.00220. The van der Waals surface area contributed by atoms with Crippen LogP contribution in [0, 0.1) is 11.8 Å². The maximum absolute atomic E-state index is 11.8. The zero-order valence-electron chi connectivity index (χ0n) is 10.7. The van der Waals surface area contributed by atoms with Crippen LogP contribution in [-0.2, 0) is 9.59 Å². The van der Waals surface area contributed by atoms with Crippen LogP contribution in [0.3, 0.4) is 0 Å². The van der Waals surface area contributed by atoms with Gasteiger partial charge in [0.05, 0.1) is 0 Å². The molecule has 1 unspecified atom stereocenters. The van der Waals surface area contributed by atoms with Crippen molar-refractivity contribution in [3.63, 3.8) is 0 Å². The van der Waals surface area contributed by atoms with Crippen LogP contribution in [0.15, 0.2) is 0 Å². The number of carbonyl (C=O) groups excluding carboxylic acids is 2. The first-order valence-electron chi connectivity index (χ1n) is 6.29. The quantitative estimate of drug-likeness (QED) is 0.633. The van der Waals surface area contributed by atoms with Gasteiger partial charge in [-0.1, -0.05) is 6.92 Å². The summed E-state index contributed by atoms with van der Waals surface area (Å²) in [7, 11) is 1.84. The van der Waals surface area contributed by atoms with E-state index in [1.807, 2.05) is 14.0 Å². The fourth-order valence-corrected chi connectivity index (χ4v) is 2.26. The molecule has 1 aliphatic carbocycles. The highest BCUT2D eigenvalue weighted by atomic mass is 16.2. The Morgan fingerprint density at radius 2 is 1.88 bits per heavy atom. The van der Waals surface area contributed by atoms with Crippen LogP contribution in [0.1, 0.15) is 32.6 Å². The van der Waals surface area contributed by atoms with Crippen LogP contribution in [0.4, 0.5) is 0 Å². The molecular formula is C12H23N3O2. The summed E-state index contributed by atoms with van der Waals surface area (Å²) in [6.45, 7) is 2.59. The smallest absolute Gasteiger partial charge is 0.224 e. The Balaban J connectivity index is 2.30. The molecule has 0 saturated heterocycles. The van der Waals surface area contributed by atoms with Gasteiger partial charge < -0.3 is 16.4 Å². The third-order valence-electron chi connectivity index (χ3n) is 3.43. The lowest BCUT2D eigenvalue weighted by Crippen LogP contribution is -2.43. The minimum Gasteiger partial charge on any atom is -0.369 e. The highest BCUT2D eigenvalue weighted by Crippen LogP contribution is 2.24. The van der Waals surface area contributed by atoms with E-state index in [4.69, 9.17) is 5.73 Å². The monoisotopic (exact) mass is 241 g/mol. The number of rotatable bonds is 5. The molecule has 1 saturated carbocycles. The molecule has 5 nitrogen and oxygen atoms in total. The molecule has 0 aromatic heterocycles. The summed E-state index contributed by atoms with van der Waals surface area (Å²) in [5.41, 5.74) is 5.27. The first-order valence-corrected chi connectivity index (χ1v) is 6.29. The Kier molecular flexibility index (Phi) is 5.41. The second-order valence-electron chi connectivity index (χ2n) is 4.92. The summed E-state index contributed by atoms with van der Waals surface area (Å²) in [6, 6.07) is 0.206. The van der Waals surface area contributed by atoms with Crippen LogP contribution >= 0.6 is 0 Å². The van der Waals surface area contributed by atoms with Crippen molar-refractivity contribution in [1.82, 2.24) is 10.6 Å². The molecule has 0 aromatic carbocycles. The van der Waals surface area contributed by atoms with Gasteiger partial charge in [-0.2, -0.15) is 0 Å². The van der Waals surface area contributed by atoms with Gasteiger partial charge in [-0.3, -0.25) is 9.59 Å². The van der Waals surface area contributed by atoms with Crippen molar-refractivity contribution >= 4 is 11.8 Å². The average Bonchev–Trinajstić information content (AvgIpc) is 2.30. The molecule has 98 valence electrons. The predicted molar refractivity (Wildman–Crippen MR) is 66.2 cm³/mol. The number of primary amides is 1. The number of hydrogen-bond donors (Lipinski definition) is 3. The number of hydrogen-bond acceptors (Lipinski definition) is 3. The lowest BCUT2D eigenvalue weighted by molar-refractivity contribution is -0.125. The molecule has 0 spiro atoms. The van der Waals surface area contributed by atoms with Gasteiger partial charge in [0.1, 0.15) is 0 Å². The summed E-state index contributed by atoms with van der Waals surface area (Å²) in [5.74, 6) is -0.146. The first-order chi connectivity index (χ1) is 8.04. The molecule has 0 radical (unpaired) electrons. The van der Waals surface area contributed by atoms with Gasteiger partial charge in [0.25, 0.3) is 0 Å². The molecule has 4 N–H and O–H groups in total. The van der Waals surface area contributed by atoms with Gasteiger partial charge in [-0.05, 0) is 32.7 Å². The third kappa shape index (κ3) is 4.34. The highest BCUT2D eigenvalue weighted by Gasteiger charge is 2.26. The van der Waals surface area contributed by atoms with E-state index in [0.717, 1.165) is 25.7 Å². The summed E-state index contributed by atoms with van der Waals surface area (Å²) in [6.07, 6.45) is 3.29. The van der Waals surface area contributed by atoms with Crippen molar-refractivity contribution in [2.75, 3.05) is 13.6 Å². The molecule has 17 heavy (non-hydrogen) atoms. The van der Waals surface area contributed by atoms with Crippen molar-refractivity contribution in [3.05, 3.63) is 0 Å². The van der Waals surface area contributed by atoms with Crippen molar-refractivity contribution in [2.45, 2.75) is 38.6 Å². The van der Waals surface area contributed by atoms with Gasteiger partial charge in [-0.15, -0.1) is 0 Å². The number of amides is 2. The van der Waals surface area contributed by atoms with Gasteiger partial charge in [0.2, 0.25) is 11.8 Å². The summed E-state index contributed by atoms with van der Waals surface area (Å²) in [5, 5.41) is 6.02. The summed E-state index contributed by atoms with van der Waals surface area (Å²) >= 11 is 0. The number of carbonyl (C=O) groups is 2. The topological polar surface area (TPSA) is 84.2 Å². The van der Waals surface area contributed by atoms with Crippen LogP contribution in [0.2, 0.25) is 0 Å². The number of nitrogens with one attached hydrogen (secondary N) is 2. The van der Waals surface area contributed by atoms with Crippen molar-refractivity contribution in [3.8, 4) is 0 Å².